The second kappa shape index (κ2) is 8.05. The Balaban J connectivity index is 2.25. The van der Waals surface area contributed by atoms with Crippen LogP contribution in [0.5, 0.6) is 11.5 Å². The van der Waals surface area contributed by atoms with Gasteiger partial charge in [0, 0.05) is 17.2 Å². The maximum atomic E-state index is 12.7. The van der Waals surface area contributed by atoms with Gasteiger partial charge in [-0.05, 0) is 12.1 Å². The van der Waals surface area contributed by atoms with E-state index in [0.717, 1.165) is 4.90 Å². The number of amides is 1. The van der Waals surface area contributed by atoms with E-state index in [9.17, 15) is 24.6 Å². The van der Waals surface area contributed by atoms with Gasteiger partial charge in [-0.1, -0.05) is 30.3 Å². The van der Waals surface area contributed by atoms with Gasteiger partial charge in [-0.2, -0.15) is 0 Å². The van der Waals surface area contributed by atoms with E-state index < -0.39 is 36.0 Å². The Morgan fingerprint density at radius 2 is 1.79 bits per heavy atom. The summed E-state index contributed by atoms with van der Waals surface area (Å²) in [6.45, 7) is -0.823. The lowest BCUT2D eigenvalue weighted by atomic mass is 9.94. The van der Waals surface area contributed by atoms with Gasteiger partial charge in [0.1, 0.15) is 17.3 Å². The maximum absolute atomic E-state index is 12.7. The average molecular weight is 396 g/mol. The first-order valence-corrected chi connectivity index (χ1v) is 8.64. The van der Waals surface area contributed by atoms with Gasteiger partial charge in [0.2, 0.25) is 0 Å². The number of aliphatic carboxylic acids is 1. The number of hydrogen-bond acceptors (Lipinski definition) is 7. The second-order valence-corrected chi connectivity index (χ2v) is 6.27. The van der Waals surface area contributed by atoms with Gasteiger partial charge in [0.05, 0.1) is 38.3 Å². The van der Waals surface area contributed by atoms with E-state index in [2.05, 4.69) is 0 Å². The van der Waals surface area contributed by atoms with Crippen LogP contribution in [0.25, 0.3) is 5.76 Å². The lowest BCUT2D eigenvalue weighted by Gasteiger charge is -2.27. The first kappa shape index (κ1) is 19.9. The Kier molecular flexibility index (Phi) is 5.54. The van der Waals surface area contributed by atoms with Crippen LogP contribution in [0.1, 0.15) is 17.2 Å². The van der Waals surface area contributed by atoms with Crippen molar-refractivity contribution in [3.63, 3.8) is 0 Å². The number of aliphatic hydroxyl groups is 1. The summed E-state index contributed by atoms with van der Waals surface area (Å²) >= 11 is 0. The molecule has 1 N–H and O–H groups in total. The number of ether oxygens (including phenoxy) is 2. The number of likely N-dealkylation sites (tertiary alicyclic amines) is 1. The molecule has 0 radical (unpaired) electrons. The zero-order valence-electron chi connectivity index (χ0n) is 15.7. The number of carbonyl (C=O) groups excluding carboxylic acids is 3. The summed E-state index contributed by atoms with van der Waals surface area (Å²) in [6, 6.07) is 11.7. The second-order valence-electron chi connectivity index (χ2n) is 6.27. The minimum atomic E-state index is -1.54. The van der Waals surface area contributed by atoms with E-state index in [4.69, 9.17) is 9.47 Å². The molecule has 1 heterocycles. The molecule has 2 aromatic carbocycles. The van der Waals surface area contributed by atoms with E-state index in [-0.39, 0.29) is 11.3 Å². The van der Waals surface area contributed by atoms with Crippen LogP contribution in [0, 0.1) is 0 Å². The molecule has 0 aliphatic carbocycles. The van der Waals surface area contributed by atoms with E-state index in [1.165, 1.54) is 20.3 Å². The van der Waals surface area contributed by atoms with Gasteiger partial charge in [0.25, 0.3) is 11.7 Å². The van der Waals surface area contributed by atoms with Crippen LogP contribution in [0.3, 0.4) is 0 Å². The zero-order valence-corrected chi connectivity index (χ0v) is 15.7. The van der Waals surface area contributed by atoms with Crippen LogP contribution < -0.4 is 14.6 Å². The van der Waals surface area contributed by atoms with Crippen molar-refractivity contribution in [2.24, 2.45) is 0 Å². The van der Waals surface area contributed by atoms with Gasteiger partial charge in [-0.25, -0.2) is 0 Å². The lowest BCUT2D eigenvalue weighted by molar-refractivity contribution is -0.306. The summed E-state index contributed by atoms with van der Waals surface area (Å²) in [7, 11) is 2.85. The van der Waals surface area contributed by atoms with E-state index in [1.54, 1.807) is 42.5 Å². The minimum Gasteiger partial charge on any atom is -0.548 e. The van der Waals surface area contributed by atoms with E-state index in [0.29, 0.717) is 16.9 Å². The quantitative estimate of drug-likeness (QED) is 0.438. The predicted octanol–water partition coefficient (Wildman–Crippen LogP) is 0.875. The molecule has 3 rings (SSSR count). The summed E-state index contributed by atoms with van der Waals surface area (Å²) < 4.78 is 10.5. The first-order valence-electron chi connectivity index (χ1n) is 8.64. The molecular formula is C21H18NO7-. The molecule has 1 saturated heterocycles. The third kappa shape index (κ3) is 3.64. The van der Waals surface area contributed by atoms with Gasteiger partial charge < -0.3 is 29.4 Å². The molecule has 1 fully saturated rings. The number of methoxy groups -OCH3 is 2. The van der Waals surface area contributed by atoms with Crippen molar-refractivity contribution in [3.8, 4) is 11.5 Å². The smallest absolute Gasteiger partial charge is 0.295 e. The summed E-state index contributed by atoms with van der Waals surface area (Å²) in [5, 5.41) is 22.0. The number of rotatable bonds is 6. The van der Waals surface area contributed by atoms with Crippen LogP contribution in [-0.2, 0) is 14.4 Å². The lowest BCUT2D eigenvalue weighted by Crippen LogP contribution is -2.40. The molecule has 1 amide bonds. The molecule has 1 atom stereocenters. The highest BCUT2D eigenvalue weighted by atomic mass is 16.5. The van der Waals surface area contributed by atoms with Crippen LogP contribution in [-0.4, -0.2) is 48.4 Å². The summed E-state index contributed by atoms with van der Waals surface area (Å²) in [5.74, 6) is -3.26. The van der Waals surface area contributed by atoms with Crippen molar-refractivity contribution in [2.75, 3.05) is 20.8 Å². The van der Waals surface area contributed by atoms with Crippen molar-refractivity contribution in [2.45, 2.75) is 6.04 Å². The van der Waals surface area contributed by atoms with Gasteiger partial charge in [-0.3, -0.25) is 9.59 Å². The fourth-order valence-corrected chi connectivity index (χ4v) is 3.30. The normalized spacial score (nSPS) is 18.0. The monoisotopic (exact) mass is 396 g/mol. The number of aliphatic hydroxyl groups excluding tert-OH is 1. The highest BCUT2D eigenvalue weighted by Crippen LogP contribution is 2.43. The van der Waals surface area contributed by atoms with Crippen molar-refractivity contribution < 1.29 is 34.1 Å². The Morgan fingerprint density at radius 3 is 2.38 bits per heavy atom. The minimum absolute atomic E-state index is 0.231. The number of carboxylic acid groups (broad SMARTS) is 1. The zero-order chi connectivity index (χ0) is 21.1. The summed E-state index contributed by atoms with van der Waals surface area (Å²) in [5.41, 5.74) is 0.411. The molecule has 150 valence electrons. The fraction of sp³-hybridized carbons (Fsp3) is 0.190. The molecule has 0 saturated carbocycles. The fourth-order valence-electron chi connectivity index (χ4n) is 3.30. The standard InChI is InChI=1S/C21H19NO7/c1-28-13-8-9-14(15(10-13)29-2)18-17(19(25)12-6-4-3-5-7-12)20(26)21(27)22(18)11-16(23)24/h3-10,18,25H,11H2,1-2H3,(H,23,24)/p-1/t18-/m0/s1. The SMILES string of the molecule is COc1ccc([C@H]2C(=C(O)c3ccccc3)C(=O)C(=O)N2CC(=O)[O-])c(OC)c1. The maximum Gasteiger partial charge on any atom is 0.295 e. The molecule has 29 heavy (non-hydrogen) atoms. The largest absolute Gasteiger partial charge is 0.548 e. The highest BCUT2D eigenvalue weighted by molar-refractivity contribution is 6.46. The van der Waals surface area contributed by atoms with E-state index in [1.807, 2.05) is 0 Å². The third-order valence-corrected chi connectivity index (χ3v) is 4.62. The molecule has 0 unspecified atom stereocenters. The summed E-state index contributed by atoms with van der Waals surface area (Å²) in [6.07, 6.45) is 0. The molecule has 0 spiro atoms. The van der Waals surface area contributed by atoms with Gasteiger partial charge >= 0.3 is 0 Å². The van der Waals surface area contributed by atoms with Crippen molar-refractivity contribution >= 4 is 23.4 Å². The summed E-state index contributed by atoms with van der Waals surface area (Å²) in [4.78, 5) is 37.4. The molecule has 8 heteroatoms. The molecule has 1 aliphatic rings. The molecule has 8 nitrogen and oxygen atoms in total. The first-order chi connectivity index (χ1) is 13.9. The van der Waals surface area contributed by atoms with E-state index >= 15 is 0 Å². The number of hydrogen-bond donors (Lipinski definition) is 1. The van der Waals surface area contributed by atoms with Crippen molar-refractivity contribution in [3.05, 3.63) is 65.2 Å². The molecule has 1 aliphatic heterocycles. The Bertz CT molecular complexity index is 997. The van der Waals surface area contributed by atoms with Crippen LogP contribution >= 0.6 is 0 Å². The van der Waals surface area contributed by atoms with Gasteiger partial charge in [-0.15, -0.1) is 0 Å². The third-order valence-electron chi connectivity index (χ3n) is 4.62. The van der Waals surface area contributed by atoms with Gasteiger partial charge in [0.15, 0.2) is 0 Å². The number of Topliss-reactive ketones (excluding diaryl/α,β-unsaturated/α-hetero) is 1. The predicted molar refractivity (Wildman–Crippen MR) is 100 cm³/mol. The molecule has 0 aromatic heterocycles. The van der Waals surface area contributed by atoms with Crippen LogP contribution in [0.4, 0.5) is 0 Å². The molecular weight excluding hydrogens is 378 g/mol. The average Bonchev–Trinajstić information content (AvgIpc) is 2.97. The topological polar surface area (TPSA) is 116 Å². The van der Waals surface area contributed by atoms with Crippen LogP contribution in [0.2, 0.25) is 0 Å². The Morgan fingerprint density at radius 1 is 1.10 bits per heavy atom. The molecule has 0 bridgehead atoms. The molecule has 2 aromatic rings. The Hall–Kier alpha value is -3.81. The van der Waals surface area contributed by atoms with Crippen LogP contribution in [0.15, 0.2) is 54.1 Å². The highest BCUT2D eigenvalue weighted by Gasteiger charge is 2.47. The van der Waals surface area contributed by atoms with Crippen molar-refractivity contribution in [1.82, 2.24) is 4.90 Å². The Labute approximate surface area is 166 Å². The number of ketones is 1. The number of carboxylic acids is 1. The number of nitrogens with zero attached hydrogens (tertiary/aromatic N) is 1. The van der Waals surface area contributed by atoms with Crippen molar-refractivity contribution in [1.29, 1.82) is 0 Å². The number of benzene rings is 2. The number of carbonyl (C=O) groups is 3.